The second kappa shape index (κ2) is 5.34. The predicted octanol–water partition coefficient (Wildman–Crippen LogP) is 2.09. The Balaban J connectivity index is 1.74. The molecule has 1 aromatic carbocycles. The van der Waals surface area contributed by atoms with Crippen LogP contribution in [0, 0.1) is 17.7 Å². The van der Waals surface area contributed by atoms with Crippen molar-refractivity contribution in [1.29, 1.82) is 0 Å². The van der Waals surface area contributed by atoms with E-state index in [0.717, 1.165) is 19.6 Å². The Labute approximate surface area is 123 Å². The molecule has 2 aliphatic heterocycles. The molecule has 1 aromatic rings. The fourth-order valence-corrected chi connectivity index (χ4v) is 3.68. The molecule has 3 nitrogen and oxygen atoms in total. The number of fused-ring (bicyclic) bond motifs is 1. The number of benzene rings is 1. The van der Waals surface area contributed by atoms with Gasteiger partial charge in [0, 0.05) is 36.3 Å². The zero-order chi connectivity index (χ0) is 14.3. The van der Waals surface area contributed by atoms with Crippen LogP contribution in [-0.2, 0) is 11.2 Å². The van der Waals surface area contributed by atoms with Crippen LogP contribution in [-0.4, -0.2) is 36.5 Å². The number of nitrogens with zero attached hydrogens (tertiary/aromatic N) is 1. The average Bonchev–Trinajstić information content (AvgIpc) is 2.97. The first kappa shape index (κ1) is 13.8. The van der Waals surface area contributed by atoms with Crippen LogP contribution >= 0.6 is 11.6 Å². The number of likely N-dealkylation sites (tertiary alicyclic amines) is 1. The number of hydrogen-bond donors (Lipinski definition) is 1. The number of nitrogens with one attached hydrogen (secondary N) is 1. The molecule has 0 saturated carbocycles. The highest BCUT2D eigenvalue weighted by molar-refractivity contribution is 6.31. The standard InChI is InChI=1S/C15H18ClFN2O/c1-9-12-7-18-6-10(12)8-19(9)15(20)5-11-13(16)3-2-4-14(11)17/h2-4,9-10,12,18H,5-8H2,1H3. The van der Waals surface area contributed by atoms with E-state index in [4.69, 9.17) is 11.6 Å². The summed E-state index contributed by atoms with van der Waals surface area (Å²) in [5.74, 6) is 0.624. The molecule has 0 radical (unpaired) electrons. The highest BCUT2D eigenvalue weighted by Crippen LogP contribution is 2.33. The van der Waals surface area contributed by atoms with Gasteiger partial charge in [0.25, 0.3) is 0 Å². The Bertz CT molecular complexity index is 516. The molecule has 3 atom stereocenters. The molecule has 2 aliphatic rings. The van der Waals surface area contributed by atoms with Crippen molar-refractivity contribution in [3.63, 3.8) is 0 Å². The van der Waals surface area contributed by atoms with E-state index in [2.05, 4.69) is 12.2 Å². The molecule has 0 bridgehead atoms. The van der Waals surface area contributed by atoms with Gasteiger partial charge in [-0.05, 0) is 30.9 Å². The molecule has 108 valence electrons. The lowest BCUT2D eigenvalue weighted by Crippen LogP contribution is -2.39. The number of carbonyl (C=O) groups is 1. The first-order valence-electron chi connectivity index (χ1n) is 7.01. The van der Waals surface area contributed by atoms with Crippen molar-refractivity contribution in [2.24, 2.45) is 11.8 Å². The normalized spacial score (nSPS) is 28.8. The molecule has 0 aromatic heterocycles. The zero-order valence-corrected chi connectivity index (χ0v) is 12.2. The number of hydrogen-bond acceptors (Lipinski definition) is 2. The second-order valence-corrected chi connectivity index (χ2v) is 6.15. The van der Waals surface area contributed by atoms with Crippen LogP contribution in [0.1, 0.15) is 12.5 Å². The SMILES string of the molecule is CC1C2CNCC2CN1C(=O)Cc1c(F)cccc1Cl. The van der Waals surface area contributed by atoms with Gasteiger partial charge in [0.2, 0.25) is 5.91 Å². The van der Waals surface area contributed by atoms with Gasteiger partial charge in [-0.25, -0.2) is 4.39 Å². The lowest BCUT2D eigenvalue weighted by molar-refractivity contribution is -0.131. The van der Waals surface area contributed by atoms with E-state index < -0.39 is 5.82 Å². The summed E-state index contributed by atoms with van der Waals surface area (Å²) in [4.78, 5) is 14.3. The summed E-state index contributed by atoms with van der Waals surface area (Å²) in [5.41, 5.74) is 0.307. The number of amides is 1. The first-order chi connectivity index (χ1) is 9.58. The highest BCUT2D eigenvalue weighted by Gasteiger charge is 2.43. The van der Waals surface area contributed by atoms with Crippen LogP contribution in [0.25, 0.3) is 0 Å². The predicted molar refractivity (Wildman–Crippen MR) is 76.1 cm³/mol. The Hall–Kier alpha value is -1.13. The smallest absolute Gasteiger partial charge is 0.227 e. The maximum absolute atomic E-state index is 13.8. The number of carbonyl (C=O) groups excluding carboxylic acids is 1. The Morgan fingerprint density at radius 3 is 3.00 bits per heavy atom. The van der Waals surface area contributed by atoms with E-state index in [1.54, 1.807) is 12.1 Å². The van der Waals surface area contributed by atoms with Crippen molar-refractivity contribution >= 4 is 17.5 Å². The van der Waals surface area contributed by atoms with E-state index in [9.17, 15) is 9.18 Å². The van der Waals surface area contributed by atoms with Gasteiger partial charge in [-0.3, -0.25) is 4.79 Å². The van der Waals surface area contributed by atoms with Gasteiger partial charge in [0.1, 0.15) is 5.82 Å². The van der Waals surface area contributed by atoms with Gasteiger partial charge in [-0.2, -0.15) is 0 Å². The lowest BCUT2D eigenvalue weighted by atomic mass is 9.95. The maximum Gasteiger partial charge on any atom is 0.227 e. The summed E-state index contributed by atoms with van der Waals surface area (Å²) >= 11 is 5.99. The fourth-order valence-electron chi connectivity index (χ4n) is 3.45. The van der Waals surface area contributed by atoms with E-state index in [1.165, 1.54) is 6.07 Å². The molecular weight excluding hydrogens is 279 g/mol. The molecule has 2 heterocycles. The molecular formula is C15H18ClFN2O. The minimum absolute atomic E-state index is 0.0288. The molecule has 1 amide bonds. The molecule has 3 rings (SSSR count). The van der Waals surface area contributed by atoms with Crippen molar-refractivity contribution in [1.82, 2.24) is 10.2 Å². The monoisotopic (exact) mass is 296 g/mol. The number of halogens is 2. The lowest BCUT2D eigenvalue weighted by Gasteiger charge is -2.24. The fraction of sp³-hybridized carbons (Fsp3) is 0.533. The third-order valence-electron chi connectivity index (χ3n) is 4.64. The van der Waals surface area contributed by atoms with Gasteiger partial charge >= 0.3 is 0 Å². The van der Waals surface area contributed by atoms with Crippen LogP contribution in [0.2, 0.25) is 5.02 Å². The molecule has 1 N–H and O–H groups in total. The molecule has 2 fully saturated rings. The van der Waals surface area contributed by atoms with Gasteiger partial charge in [0.15, 0.2) is 0 Å². The number of rotatable bonds is 2. The summed E-state index contributed by atoms with van der Waals surface area (Å²) in [6.07, 6.45) is 0.0444. The molecule has 2 saturated heterocycles. The third-order valence-corrected chi connectivity index (χ3v) is 5.00. The van der Waals surface area contributed by atoms with E-state index >= 15 is 0 Å². The van der Waals surface area contributed by atoms with Crippen molar-refractivity contribution in [2.45, 2.75) is 19.4 Å². The maximum atomic E-state index is 13.8. The third kappa shape index (κ3) is 2.31. The largest absolute Gasteiger partial charge is 0.339 e. The Morgan fingerprint density at radius 1 is 1.50 bits per heavy atom. The molecule has 20 heavy (non-hydrogen) atoms. The van der Waals surface area contributed by atoms with Gasteiger partial charge in [-0.15, -0.1) is 0 Å². The van der Waals surface area contributed by atoms with Crippen molar-refractivity contribution in [3.05, 3.63) is 34.6 Å². The Morgan fingerprint density at radius 2 is 2.30 bits per heavy atom. The minimum Gasteiger partial charge on any atom is -0.339 e. The van der Waals surface area contributed by atoms with E-state index in [1.807, 2.05) is 4.90 Å². The van der Waals surface area contributed by atoms with Crippen LogP contribution < -0.4 is 5.32 Å². The average molecular weight is 297 g/mol. The van der Waals surface area contributed by atoms with Crippen molar-refractivity contribution in [2.75, 3.05) is 19.6 Å². The van der Waals surface area contributed by atoms with Gasteiger partial charge in [-0.1, -0.05) is 17.7 Å². The molecule has 0 spiro atoms. The summed E-state index contributed by atoms with van der Waals surface area (Å²) < 4.78 is 13.8. The van der Waals surface area contributed by atoms with Gasteiger partial charge < -0.3 is 10.2 Å². The molecule has 5 heteroatoms. The van der Waals surface area contributed by atoms with E-state index in [0.29, 0.717) is 22.4 Å². The molecule has 0 aliphatic carbocycles. The summed E-state index contributed by atoms with van der Waals surface area (Å²) in [6, 6.07) is 4.74. The van der Waals surface area contributed by atoms with Gasteiger partial charge in [0.05, 0.1) is 6.42 Å². The van der Waals surface area contributed by atoms with Crippen LogP contribution in [0.3, 0.4) is 0 Å². The van der Waals surface area contributed by atoms with Crippen LogP contribution in [0.15, 0.2) is 18.2 Å². The second-order valence-electron chi connectivity index (χ2n) is 5.75. The summed E-state index contributed by atoms with van der Waals surface area (Å²) in [5, 5.41) is 3.69. The van der Waals surface area contributed by atoms with Crippen LogP contribution in [0.4, 0.5) is 4.39 Å². The summed E-state index contributed by atoms with van der Waals surface area (Å²) in [6.45, 7) is 4.79. The molecule has 3 unspecified atom stereocenters. The summed E-state index contributed by atoms with van der Waals surface area (Å²) in [7, 11) is 0. The topological polar surface area (TPSA) is 32.3 Å². The Kier molecular flexibility index (Phi) is 3.69. The first-order valence-corrected chi connectivity index (χ1v) is 7.39. The minimum atomic E-state index is -0.403. The highest BCUT2D eigenvalue weighted by atomic mass is 35.5. The zero-order valence-electron chi connectivity index (χ0n) is 11.4. The quantitative estimate of drug-likeness (QED) is 0.906. The van der Waals surface area contributed by atoms with E-state index in [-0.39, 0.29) is 18.4 Å². The van der Waals surface area contributed by atoms with Crippen molar-refractivity contribution < 1.29 is 9.18 Å². The van der Waals surface area contributed by atoms with Crippen molar-refractivity contribution in [3.8, 4) is 0 Å². The van der Waals surface area contributed by atoms with Crippen LogP contribution in [0.5, 0.6) is 0 Å².